The molecule has 0 aromatic heterocycles. The molecule has 2 N–H and O–H groups in total. The average molecular weight is 382 g/mol. The summed E-state index contributed by atoms with van der Waals surface area (Å²) >= 11 is 0. The van der Waals surface area contributed by atoms with Gasteiger partial charge in [-0.05, 0) is 43.5 Å². The van der Waals surface area contributed by atoms with Crippen molar-refractivity contribution in [2.75, 3.05) is 30.4 Å². The number of anilines is 2. The van der Waals surface area contributed by atoms with Crippen molar-refractivity contribution in [1.29, 1.82) is 0 Å². The van der Waals surface area contributed by atoms with Crippen LogP contribution < -0.4 is 15.5 Å². The Morgan fingerprint density at radius 2 is 1.79 bits per heavy atom. The molecular weight excluding hydrogens is 360 g/mol. The van der Waals surface area contributed by atoms with Crippen LogP contribution in [0.15, 0.2) is 42.5 Å². The molecule has 0 aliphatic carbocycles. The Morgan fingerprint density at radius 1 is 1.04 bits per heavy atom. The van der Waals surface area contributed by atoms with E-state index in [1.807, 2.05) is 0 Å². The van der Waals surface area contributed by atoms with Crippen molar-refractivity contribution < 1.29 is 14.5 Å². The zero-order chi connectivity index (χ0) is 20.1. The van der Waals surface area contributed by atoms with Crippen LogP contribution in [0.3, 0.4) is 0 Å². The number of amides is 2. The van der Waals surface area contributed by atoms with Crippen molar-refractivity contribution >= 4 is 28.9 Å². The van der Waals surface area contributed by atoms with Gasteiger partial charge in [-0.3, -0.25) is 19.7 Å². The molecule has 0 saturated carbocycles. The highest BCUT2D eigenvalue weighted by Crippen LogP contribution is 2.29. The molecule has 2 aromatic rings. The summed E-state index contributed by atoms with van der Waals surface area (Å²) in [5.41, 5.74) is 1.66. The van der Waals surface area contributed by atoms with E-state index in [9.17, 15) is 19.7 Å². The molecule has 0 spiro atoms. The first-order chi connectivity index (χ1) is 13.5. The van der Waals surface area contributed by atoms with Gasteiger partial charge in [0.05, 0.1) is 16.2 Å². The maximum absolute atomic E-state index is 12.9. The predicted octanol–water partition coefficient (Wildman–Crippen LogP) is 3.20. The molecule has 1 saturated heterocycles. The molecule has 1 aliphatic rings. The number of nitro groups is 1. The zero-order valence-corrected chi connectivity index (χ0v) is 15.6. The van der Waals surface area contributed by atoms with Gasteiger partial charge in [0.2, 0.25) is 0 Å². The van der Waals surface area contributed by atoms with Crippen LogP contribution in [0.4, 0.5) is 17.1 Å². The molecule has 1 fully saturated rings. The minimum atomic E-state index is -0.511. The Hall–Kier alpha value is -3.42. The number of carbonyl (C=O) groups excluding carboxylic acids is 2. The molecule has 8 nitrogen and oxygen atoms in total. The predicted molar refractivity (Wildman–Crippen MR) is 107 cm³/mol. The van der Waals surface area contributed by atoms with Gasteiger partial charge in [0, 0.05) is 43.5 Å². The Morgan fingerprint density at radius 3 is 2.46 bits per heavy atom. The van der Waals surface area contributed by atoms with E-state index in [1.165, 1.54) is 19.2 Å². The summed E-state index contributed by atoms with van der Waals surface area (Å²) in [6.07, 6.45) is 3.18. The summed E-state index contributed by atoms with van der Waals surface area (Å²) < 4.78 is 0. The van der Waals surface area contributed by atoms with Gasteiger partial charge in [-0.25, -0.2) is 0 Å². The van der Waals surface area contributed by atoms with Gasteiger partial charge in [-0.1, -0.05) is 6.07 Å². The molecule has 0 bridgehead atoms. The van der Waals surface area contributed by atoms with Gasteiger partial charge in [-0.2, -0.15) is 0 Å². The second-order valence-electron chi connectivity index (χ2n) is 6.62. The number of piperidine rings is 1. The second kappa shape index (κ2) is 8.51. The zero-order valence-electron chi connectivity index (χ0n) is 15.6. The Balaban J connectivity index is 1.92. The topological polar surface area (TPSA) is 105 Å². The van der Waals surface area contributed by atoms with E-state index < -0.39 is 10.8 Å². The van der Waals surface area contributed by atoms with Crippen LogP contribution in [0.5, 0.6) is 0 Å². The molecule has 28 heavy (non-hydrogen) atoms. The third-order valence-electron chi connectivity index (χ3n) is 4.74. The van der Waals surface area contributed by atoms with Crippen molar-refractivity contribution in [2.24, 2.45) is 0 Å². The van der Waals surface area contributed by atoms with Crippen LogP contribution in [-0.4, -0.2) is 36.9 Å². The van der Waals surface area contributed by atoms with E-state index in [2.05, 4.69) is 15.5 Å². The van der Waals surface area contributed by atoms with Crippen LogP contribution >= 0.6 is 0 Å². The van der Waals surface area contributed by atoms with E-state index in [1.54, 1.807) is 30.3 Å². The molecule has 0 atom stereocenters. The van der Waals surface area contributed by atoms with Crippen LogP contribution in [0, 0.1) is 10.1 Å². The molecule has 2 aromatic carbocycles. The normalized spacial score (nSPS) is 13.7. The molecule has 0 unspecified atom stereocenters. The Labute approximate surface area is 162 Å². The maximum Gasteiger partial charge on any atom is 0.270 e. The van der Waals surface area contributed by atoms with Crippen molar-refractivity contribution in [1.82, 2.24) is 5.32 Å². The van der Waals surface area contributed by atoms with E-state index in [4.69, 9.17) is 0 Å². The SMILES string of the molecule is CNC(=O)c1cccc(NC(=O)c2cc([N+](=O)[O-])ccc2N2CCCCC2)c1. The molecule has 2 amide bonds. The molecule has 1 heterocycles. The molecule has 1 aliphatic heterocycles. The number of hydrogen-bond acceptors (Lipinski definition) is 5. The summed E-state index contributed by atoms with van der Waals surface area (Å²) in [4.78, 5) is 37.5. The maximum atomic E-state index is 12.9. The molecular formula is C20H22N4O4. The van der Waals surface area contributed by atoms with Gasteiger partial charge >= 0.3 is 0 Å². The third kappa shape index (κ3) is 4.28. The van der Waals surface area contributed by atoms with E-state index in [0.717, 1.165) is 32.4 Å². The third-order valence-corrected chi connectivity index (χ3v) is 4.74. The smallest absolute Gasteiger partial charge is 0.270 e. The summed E-state index contributed by atoms with van der Waals surface area (Å²) in [7, 11) is 1.53. The fourth-order valence-electron chi connectivity index (χ4n) is 3.31. The number of non-ortho nitro benzene ring substituents is 1. The number of nitrogens with zero attached hydrogens (tertiary/aromatic N) is 2. The fraction of sp³-hybridized carbons (Fsp3) is 0.300. The Kier molecular flexibility index (Phi) is 5.88. The second-order valence-corrected chi connectivity index (χ2v) is 6.62. The summed E-state index contributed by atoms with van der Waals surface area (Å²) in [5, 5.41) is 16.5. The lowest BCUT2D eigenvalue weighted by atomic mass is 10.1. The number of nitrogens with one attached hydrogen (secondary N) is 2. The van der Waals surface area contributed by atoms with Crippen molar-refractivity contribution in [3.8, 4) is 0 Å². The van der Waals surface area contributed by atoms with Gasteiger partial charge in [0.25, 0.3) is 17.5 Å². The van der Waals surface area contributed by atoms with E-state index in [-0.39, 0.29) is 17.2 Å². The standard InChI is InChI=1S/C20H22N4O4/c1-21-19(25)14-6-5-7-15(12-14)22-20(26)17-13-16(24(27)28)8-9-18(17)23-10-3-2-4-11-23/h5-9,12-13H,2-4,10-11H2,1H3,(H,21,25)(H,22,26). The first-order valence-electron chi connectivity index (χ1n) is 9.16. The fourth-order valence-corrected chi connectivity index (χ4v) is 3.31. The molecule has 8 heteroatoms. The van der Waals surface area contributed by atoms with E-state index in [0.29, 0.717) is 16.9 Å². The molecule has 3 rings (SSSR count). The summed E-state index contributed by atoms with van der Waals surface area (Å²) in [6.45, 7) is 1.62. The van der Waals surface area contributed by atoms with Crippen molar-refractivity contribution in [3.63, 3.8) is 0 Å². The van der Waals surface area contributed by atoms with Crippen molar-refractivity contribution in [2.45, 2.75) is 19.3 Å². The lowest BCUT2D eigenvalue weighted by molar-refractivity contribution is -0.384. The van der Waals surface area contributed by atoms with E-state index >= 15 is 0 Å². The number of rotatable bonds is 5. The van der Waals surface area contributed by atoms with Crippen LogP contribution in [0.1, 0.15) is 40.0 Å². The number of carbonyl (C=O) groups is 2. The highest BCUT2D eigenvalue weighted by molar-refractivity contribution is 6.09. The minimum absolute atomic E-state index is 0.134. The average Bonchev–Trinajstić information content (AvgIpc) is 2.73. The van der Waals surface area contributed by atoms with Crippen LogP contribution in [-0.2, 0) is 0 Å². The largest absolute Gasteiger partial charge is 0.371 e. The summed E-state index contributed by atoms with van der Waals surface area (Å²) in [6, 6.07) is 10.9. The van der Waals surface area contributed by atoms with Gasteiger partial charge in [-0.15, -0.1) is 0 Å². The number of hydrogen-bond donors (Lipinski definition) is 2. The highest BCUT2D eigenvalue weighted by Gasteiger charge is 2.22. The van der Waals surface area contributed by atoms with Crippen LogP contribution in [0.2, 0.25) is 0 Å². The number of benzene rings is 2. The first-order valence-corrected chi connectivity index (χ1v) is 9.16. The Bertz CT molecular complexity index is 907. The van der Waals surface area contributed by atoms with Gasteiger partial charge in [0.15, 0.2) is 0 Å². The van der Waals surface area contributed by atoms with Gasteiger partial charge in [0.1, 0.15) is 0 Å². The van der Waals surface area contributed by atoms with Gasteiger partial charge < -0.3 is 15.5 Å². The van der Waals surface area contributed by atoms with Crippen LogP contribution in [0.25, 0.3) is 0 Å². The highest BCUT2D eigenvalue weighted by atomic mass is 16.6. The van der Waals surface area contributed by atoms with Crippen molar-refractivity contribution in [3.05, 3.63) is 63.7 Å². The number of nitro benzene ring substituents is 1. The first kappa shape index (κ1) is 19.3. The minimum Gasteiger partial charge on any atom is -0.371 e. The molecule has 0 radical (unpaired) electrons. The monoisotopic (exact) mass is 382 g/mol. The molecule has 146 valence electrons. The lowest BCUT2D eigenvalue weighted by Crippen LogP contribution is -2.31. The quantitative estimate of drug-likeness (QED) is 0.610. The lowest BCUT2D eigenvalue weighted by Gasteiger charge is -2.30. The summed E-state index contributed by atoms with van der Waals surface area (Å²) in [5.74, 6) is -0.709.